The number of quaternary nitrogens is 1. The van der Waals surface area contributed by atoms with E-state index in [9.17, 15) is 13.6 Å². The topological polar surface area (TPSA) is 52.0 Å². The first kappa shape index (κ1) is 20.9. The molecule has 0 aliphatic heterocycles. The van der Waals surface area contributed by atoms with Crippen molar-refractivity contribution in [3.63, 3.8) is 0 Å². The summed E-state index contributed by atoms with van der Waals surface area (Å²) in [5.74, 6) is 0.0237. The number of halogens is 3. The summed E-state index contributed by atoms with van der Waals surface area (Å²) in [6.07, 6.45) is 0. The van der Waals surface area contributed by atoms with Crippen molar-refractivity contribution in [1.29, 1.82) is 0 Å². The second kappa shape index (κ2) is 10.1. The van der Waals surface area contributed by atoms with Crippen molar-refractivity contribution in [2.75, 3.05) is 20.7 Å². The summed E-state index contributed by atoms with van der Waals surface area (Å²) in [4.78, 5) is 13.2. The van der Waals surface area contributed by atoms with Crippen molar-refractivity contribution in [1.82, 2.24) is 5.32 Å². The van der Waals surface area contributed by atoms with Gasteiger partial charge in [-0.3, -0.25) is 4.79 Å². The molecule has 0 spiro atoms. The SMILES string of the molecule is COc1cc(CNC(=O)C[NH+](C)Cc2ccc(Cl)cc2)ccc1OC(F)F. The molecule has 0 fully saturated rings. The lowest BCUT2D eigenvalue weighted by Crippen LogP contribution is -3.08. The Morgan fingerprint density at radius 1 is 1.15 bits per heavy atom. The third-order valence-electron chi connectivity index (χ3n) is 3.82. The molecule has 0 heterocycles. The molecule has 1 amide bonds. The summed E-state index contributed by atoms with van der Waals surface area (Å²) in [6.45, 7) is -1.67. The summed E-state index contributed by atoms with van der Waals surface area (Å²) in [7, 11) is 3.29. The molecular weight excluding hydrogens is 378 g/mol. The van der Waals surface area contributed by atoms with Crippen LogP contribution < -0.4 is 19.7 Å². The Kier molecular flexibility index (Phi) is 7.82. The molecule has 0 saturated carbocycles. The molecular formula is C19H22ClF2N2O3+. The maximum absolute atomic E-state index is 12.3. The second-order valence-corrected chi connectivity index (χ2v) is 6.51. The zero-order valence-electron chi connectivity index (χ0n) is 15.1. The molecule has 2 N–H and O–H groups in total. The van der Waals surface area contributed by atoms with Crippen molar-refractivity contribution in [3.8, 4) is 11.5 Å². The average Bonchev–Trinajstić information content (AvgIpc) is 2.62. The Bertz CT molecular complexity index is 757. The lowest BCUT2D eigenvalue weighted by Gasteiger charge is -2.15. The fraction of sp³-hybridized carbons (Fsp3) is 0.316. The summed E-state index contributed by atoms with van der Waals surface area (Å²) < 4.78 is 34.1. The van der Waals surface area contributed by atoms with Gasteiger partial charge < -0.3 is 19.7 Å². The quantitative estimate of drug-likeness (QED) is 0.680. The number of hydrogen-bond acceptors (Lipinski definition) is 3. The number of benzene rings is 2. The van der Waals surface area contributed by atoms with Gasteiger partial charge in [0.05, 0.1) is 14.2 Å². The number of methoxy groups -OCH3 is 1. The van der Waals surface area contributed by atoms with Gasteiger partial charge >= 0.3 is 6.61 Å². The average molecular weight is 400 g/mol. The third kappa shape index (κ3) is 7.03. The fourth-order valence-electron chi connectivity index (χ4n) is 2.57. The smallest absolute Gasteiger partial charge is 0.387 e. The van der Waals surface area contributed by atoms with Gasteiger partial charge in [-0.2, -0.15) is 8.78 Å². The number of carbonyl (C=O) groups excluding carboxylic acids is 1. The van der Waals surface area contributed by atoms with Crippen LogP contribution in [-0.4, -0.2) is 33.2 Å². The maximum atomic E-state index is 12.3. The standard InChI is InChI=1S/C19H21ClF2N2O3/c1-24(11-13-3-6-15(20)7-4-13)12-18(25)23-10-14-5-8-16(27-19(21)22)17(9-14)26-2/h3-9,19H,10-12H2,1-2H3,(H,23,25)/p+1. The highest BCUT2D eigenvalue weighted by Crippen LogP contribution is 2.29. The molecule has 0 aliphatic carbocycles. The first-order valence-corrected chi connectivity index (χ1v) is 8.69. The highest BCUT2D eigenvalue weighted by molar-refractivity contribution is 6.30. The number of ether oxygens (including phenoxy) is 2. The van der Waals surface area contributed by atoms with E-state index in [4.69, 9.17) is 16.3 Å². The van der Waals surface area contributed by atoms with Crippen LogP contribution in [0.3, 0.4) is 0 Å². The summed E-state index contributed by atoms with van der Waals surface area (Å²) >= 11 is 5.86. The van der Waals surface area contributed by atoms with E-state index < -0.39 is 6.61 Å². The van der Waals surface area contributed by atoms with Crippen LogP contribution in [0.15, 0.2) is 42.5 Å². The largest absolute Gasteiger partial charge is 0.493 e. The Morgan fingerprint density at radius 2 is 1.81 bits per heavy atom. The predicted molar refractivity (Wildman–Crippen MR) is 98.4 cm³/mol. The monoisotopic (exact) mass is 399 g/mol. The molecule has 0 bridgehead atoms. The highest BCUT2D eigenvalue weighted by atomic mass is 35.5. The van der Waals surface area contributed by atoms with Gasteiger partial charge in [0.2, 0.25) is 0 Å². The van der Waals surface area contributed by atoms with Gasteiger partial charge in [-0.25, -0.2) is 0 Å². The summed E-state index contributed by atoms with van der Waals surface area (Å²) in [5, 5.41) is 3.49. The van der Waals surface area contributed by atoms with Crippen molar-refractivity contribution in [3.05, 3.63) is 58.6 Å². The zero-order valence-corrected chi connectivity index (χ0v) is 15.9. The van der Waals surface area contributed by atoms with Gasteiger partial charge in [0.15, 0.2) is 18.0 Å². The number of alkyl halides is 2. The van der Waals surface area contributed by atoms with E-state index >= 15 is 0 Å². The molecule has 0 saturated heterocycles. The van der Waals surface area contributed by atoms with Crippen LogP contribution in [0.2, 0.25) is 5.02 Å². The van der Waals surface area contributed by atoms with E-state index in [1.165, 1.54) is 13.2 Å². The Labute approximate surface area is 161 Å². The zero-order chi connectivity index (χ0) is 19.8. The molecule has 2 aromatic carbocycles. The van der Waals surface area contributed by atoms with E-state index in [0.29, 0.717) is 18.1 Å². The van der Waals surface area contributed by atoms with E-state index in [1.807, 2.05) is 31.3 Å². The summed E-state index contributed by atoms with van der Waals surface area (Å²) in [6, 6.07) is 12.0. The lowest BCUT2D eigenvalue weighted by molar-refractivity contribution is -0.885. The number of likely N-dealkylation sites (N-methyl/N-ethyl adjacent to an activating group) is 1. The van der Waals surface area contributed by atoms with Gasteiger partial charge in [0, 0.05) is 17.1 Å². The van der Waals surface area contributed by atoms with Crippen LogP contribution in [0.1, 0.15) is 11.1 Å². The summed E-state index contributed by atoms with van der Waals surface area (Å²) in [5.41, 5.74) is 1.81. The van der Waals surface area contributed by atoms with E-state index in [2.05, 4.69) is 10.1 Å². The van der Waals surface area contributed by atoms with Crippen LogP contribution in [0, 0.1) is 0 Å². The molecule has 2 rings (SSSR count). The lowest BCUT2D eigenvalue weighted by atomic mass is 10.2. The Balaban J connectivity index is 1.84. The van der Waals surface area contributed by atoms with E-state index in [1.54, 1.807) is 12.1 Å². The number of rotatable bonds is 9. The normalized spacial score (nSPS) is 11.9. The van der Waals surface area contributed by atoms with Crippen LogP contribution in [-0.2, 0) is 17.9 Å². The molecule has 146 valence electrons. The minimum atomic E-state index is -2.93. The Hall–Kier alpha value is -2.38. The van der Waals surface area contributed by atoms with Gasteiger partial charge in [0.1, 0.15) is 6.54 Å². The van der Waals surface area contributed by atoms with Crippen LogP contribution in [0.5, 0.6) is 11.5 Å². The van der Waals surface area contributed by atoms with Crippen LogP contribution in [0.25, 0.3) is 0 Å². The van der Waals surface area contributed by atoms with Crippen molar-refractivity contribution in [2.24, 2.45) is 0 Å². The molecule has 8 heteroatoms. The van der Waals surface area contributed by atoms with Gasteiger partial charge in [-0.15, -0.1) is 0 Å². The molecule has 1 unspecified atom stereocenters. The fourth-order valence-corrected chi connectivity index (χ4v) is 2.69. The van der Waals surface area contributed by atoms with Gasteiger partial charge in [-0.05, 0) is 29.8 Å². The molecule has 0 radical (unpaired) electrons. The first-order chi connectivity index (χ1) is 12.9. The van der Waals surface area contributed by atoms with Crippen molar-refractivity contribution in [2.45, 2.75) is 19.7 Å². The molecule has 0 aliphatic rings. The number of carbonyl (C=O) groups is 1. The maximum Gasteiger partial charge on any atom is 0.387 e. The molecule has 5 nitrogen and oxygen atoms in total. The number of amides is 1. The predicted octanol–water partition coefficient (Wildman–Crippen LogP) is 2.28. The van der Waals surface area contributed by atoms with Crippen molar-refractivity contribution >= 4 is 17.5 Å². The second-order valence-electron chi connectivity index (χ2n) is 6.08. The molecule has 0 aromatic heterocycles. The number of nitrogens with one attached hydrogen (secondary N) is 2. The third-order valence-corrected chi connectivity index (χ3v) is 4.07. The minimum absolute atomic E-state index is 0.0466. The van der Waals surface area contributed by atoms with Crippen LogP contribution in [0.4, 0.5) is 8.78 Å². The highest BCUT2D eigenvalue weighted by Gasteiger charge is 2.13. The van der Waals surface area contributed by atoms with E-state index in [0.717, 1.165) is 16.0 Å². The van der Waals surface area contributed by atoms with Gasteiger partial charge in [-0.1, -0.05) is 29.8 Å². The first-order valence-electron chi connectivity index (χ1n) is 8.31. The van der Waals surface area contributed by atoms with Crippen molar-refractivity contribution < 1.29 is 27.9 Å². The molecule has 2 aromatic rings. The van der Waals surface area contributed by atoms with E-state index in [-0.39, 0.29) is 24.0 Å². The molecule has 27 heavy (non-hydrogen) atoms. The van der Waals surface area contributed by atoms with Gasteiger partial charge in [0.25, 0.3) is 5.91 Å². The minimum Gasteiger partial charge on any atom is -0.493 e. The Morgan fingerprint density at radius 3 is 2.44 bits per heavy atom. The number of hydrogen-bond donors (Lipinski definition) is 2. The van der Waals surface area contributed by atoms with Crippen LogP contribution >= 0.6 is 11.6 Å². The molecule has 1 atom stereocenters.